The molecule has 1 saturated heterocycles. The van der Waals surface area contributed by atoms with Crippen LogP contribution in [0.1, 0.15) is 20.8 Å². The Hall–Kier alpha value is -0.510. The molecular formula is C8H13NO2S. The molecule has 0 N–H and O–H groups in total. The van der Waals surface area contributed by atoms with Gasteiger partial charge in [-0.05, 0) is 13.8 Å². The van der Waals surface area contributed by atoms with Crippen molar-refractivity contribution in [2.75, 3.05) is 5.75 Å². The smallest absolute Gasteiger partial charge is 0.221 e. The Labute approximate surface area is 76.5 Å². The molecule has 1 aliphatic rings. The van der Waals surface area contributed by atoms with Gasteiger partial charge in [-0.3, -0.25) is 4.79 Å². The molecule has 1 unspecified atom stereocenters. The second kappa shape index (κ2) is 3.09. The molecule has 1 atom stereocenters. The van der Waals surface area contributed by atoms with E-state index in [4.69, 9.17) is 0 Å². The molecule has 12 heavy (non-hydrogen) atoms. The molecule has 3 nitrogen and oxygen atoms in total. The second-order valence-corrected chi connectivity index (χ2v) is 4.97. The van der Waals surface area contributed by atoms with Crippen LogP contribution in [0.15, 0.2) is 0 Å². The summed E-state index contributed by atoms with van der Waals surface area (Å²) in [5, 5.41) is 0. The molecule has 0 radical (unpaired) electrons. The molecule has 0 spiro atoms. The third-order valence-electron chi connectivity index (χ3n) is 2.02. The summed E-state index contributed by atoms with van der Waals surface area (Å²) in [5.74, 6) is 0.693. The summed E-state index contributed by atoms with van der Waals surface area (Å²) in [6, 6.07) is -0.234. The SMILES string of the molecule is CC(=O)N1C(C=O)CSC1(C)C. The van der Waals surface area contributed by atoms with E-state index in [9.17, 15) is 9.59 Å². The topological polar surface area (TPSA) is 37.4 Å². The van der Waals surface area contributed by atoms with Gasteiger partial charge in [-0.1, -0.05) is 0 Å². The molecule has 1 fully saturated rings. The largest absolute Gasteiger partial charge is 0.318 e. The second-order valence-electron chi connectivity index (χ2n) is 3.35. The van der Waals surface area contributed by atoms with Gasteiger partial charge in [0.15, 0.2) is 0 Å². The Morgan fingerprint density at radius 3 is 2.58 bits per heavy atom. The van der Waals surface area contributed by atoms with Gasteiger partial charge in [0, 0.05) is 12.7 Å². The highest BCUT2D eigenvalue weighted by Gasteiger charge is 2.41. The Balaban J connectivity index is 2.87. The molecule has 0 bridgehead atoms. The first kappa shape index (κ1) is 9.58. The van der Waals surface area contributed by atoms with Crippen LogP contribution in [0.4, 0.5) is 0 Å². The lowest BCUT2D eigenvalue weighted by atomic mass is 10.2. The molecule has 68 valence electrons. The predicted molar refractivity (Wildman–Crippen MR) is 48.9 cm³/mol. The fourth-order valence-electron chi connectivity index (χ4n) is 1.55. The van der Waals surface area contributed by atoms with Gasteiger partial charge >= 0.3 is 0 Å². The van der Waals surface area contributed by atoms with E-state index in [2.05, 4.69) is 0 Å². The molecule has 1 heterocycles. The minimum atomic E-state index is -0.234. The Kier molecular flexibility index (Phi) is 2.46. The minimum absolute atomic E-state index is 0.0258. The number of hydrogen-bond acceptors (Lipinski definition) is 3. The molecule has 0 aromatic carbocycles. The first-order valence-electron chi connectivity index (χ1n) is 3.88. The number of rotatable bonds is 1. The van der Waals surface area contributed by atoms with Gasteiger partial charge in [0.25, 0.3) is 0 Å². The van der Waals surface area contributed by atoms with Crippen LogP contribution in [0.3, 0.4) is 0 Å². The summed E-state index contributed by atoms with van der Waals surface area (Å²) in [5.41, 5.74) is 0. The van der Waals surface area contributed by atoms with Crippen LogP contribution in [0.2, 0.25) is 0 Å². The molecule has 0 saturated carbocycles. The van der Waals surface area contributed by atoms with Crippen LogP contribution in [0, 0.1) is 0 Å². The first-order chi connectivity index (χ1) is 5.49. The summed E-state index contributed by atoms with van der Waals surface area (Å²) >= 11 is 1.64. The van der Waals surface area contributed by atoms with E-state index in [1.807, 2.05) is 13.8 Å². The lowest BCUT2D eigenvalue weighted by Gasteiger charge is -2.31. The Morgan fingerprint density at radius 2 is 2.25 bits per heavy atom. The molecule has 1 aliphatic heterocycles. The standard InChI is InChI=1S/C8H13NO2S/c1-6(11)9-7(4-10)5-12-8(9,2)3/h4,7H,5H2,1-3H3. The zero-order valence-corrected chi connectivity index (χ0v) is 8.35. The van der Waals surface area contributed by atoms with Crippen molar-refractivity contribution in [1.29, 1.82) is 0 Å². The summed E-state index contributed by atoms with van der Waals surface area (Å²) in [7, 11) is 0. The average Bonchev–Trinajstić information content (AvgIpc) is 2.24. The Morgan fingerprint density at radius 1 is 1.67 bits per heavy atom. The van der Waals surface area contributed by atoms with E-state index >= 15 is 0 Å². The molecule has 0 aliphatic carbocycles. The summed E-state index contributed by atoms with van der Waals surface area (Å²) in [4.78, 5) is 23.2. The van der Waals surface area contributed by atoms with Crippen molar-refractivity contribution >= 4 is 24.0 Å². The van der Waals surface area contributed by atoms with E-state index in [-0.39, 0.29) is 16.8 Å². The maximum absolute atomic E-state index is 11.2. The highest BCUT2D eigenvalue weighted by atomic mass is 32.2. The molecular weight excluding hydrogens is 174 g/mol. The highest BCUT2D eigenvalue weighted by Crippen LogP contribution is 2.37. The van der Waals surface area contributed by atoms with Crippen LogP contribution in [0.5, 0.6) is 0 Å². The van der Waals surface area contributed by atoms with Crippen LogP contribution in [-0.2, 0) is 9.59 Å². The van der Waals surface area contributed by atoms with Gasteiger partial charge < -0.3 is 9.69 Å². The summed E-state index contributed by atoms with van der Waals surface area (Å²) in [6.07, 6.45) is 0.850. The minimum Gasteiger partial charge on any atom is -0.318 e. The van der Waals surface area contributed by atoms with Gasteiger partial charge in [-0.2, -0.15) is 0 Å². The monoisotopic (exact) mass is 187 g/mol. The number of aldehydes is 1. The van der Waals surface area contributed by atoms with E-state index < -0.39 is 0 Å². The normalized spacial score (nSPS) is 27.2. The van der Waals surface area contributed by atoms with Crippen LogP contribution < -0.4 is 0 Å². The zero-order valence-electron chi connectivity index (χ0n) is 7.53. The van der Waals surface area contributed by atoms with Crippen LogP contribution >= 0.6 is 11.8 Å². The van der Waals surface area contributed by atoms with Gasteiger partial charge in [0.1, 0.15) is 6.29 Å². The molecule has 0 aromatic heterocycles. The zero-order chi connectivity index (χ0) is 9.35. The number of carbonyl (C=O) groups excluding carboxylic acids is 2. The van der Waals surface area contributed by atoms with Gasteiger partial charge in [-0.15, -0.1) is 11.8 Å². The van der Waals surface area contributed by atoms with Gasteiger partial charge in [0.05, 0.1) is 10.9 Å². The fraction of sp³-hybridized carbons (Fsp3) is 0.750. The van der Waals surface area contributed by atoms with E-state index in [0.717, 1.165) is 12.0 Å². The Bertz CT molecular complexity index is 215. The first-order valence-corrected chi connectivity index (χ1v) is 4.87. The third-order valence-corrected chi connectivity index (χ3v) is 3.43. The molecule has 0 aromatic rings. The lowest BCUT2D eigenvalue weighted by Crippen LogP contribution is -2.46. The van der Waals surface area contributed by atoms with Crippen molar-refractivity contribution < 1.29 is 9.59 Å². The van der Waals surface area contributed by atoms with Crippen molar-refractivity contribution in [3.63, 3.8) is 0 Å². The average molecular weight is 187 g/mol. The van der Waals surface area contributed by atoms with E-state index in [1.165, 1.54) is 6.92 Å². The van der Waals surface area contributed by atoms with Crippen molar-refractivity contribution in [2.45, 2.75) is 31.7 Å². The number of nitrogens with zero attached hydrogens (tertiary/aromatic N) is 1. The number of amides is 1. The third kappa shape index (κ3) is 1.48. The van der Waals surface area contributed by atoms with E-state index in [1.54, 1.807) is 16.7 Å². The summed E-state index contributed by atoms with van der Waals surface area (Å²) in [6.45, 7) is 5.43. The number of carbonyl (C=O) groups is 2. The quantitative estimate of drug-likeness (QED) is 0.572. The lowest BCUT2D eigenvalue weighted by molar-refractivity contribution is -0.135. The highest BCUT2D eigenvalue weighted by molar-refractivity contribution is 8.00. The van der Waals surface area contributed by atoms with Crippen molar-refractivity contribution in [3.8, 4) is 0 Å². The fourth-order valence-corrected chi connectivity index (χ4v) is 2.75. The summed E-state index contributed by atoms with van der Waals surface area (Å²) < 4.78 is 0. The van der Waals surface area contributed by atoms with Crippen molar-refractivity contribution in [1.82, 2.24) is 4.90 Å². The molecule has 1 amide bonds. The van der Waals surface area contributed by atoms with E-state index in [0.29, 0.717) is 0 Å². The number of thioether (sulfide) groups is 1. The van der Waals surface area contributed by atoms with Crippen LogP contribution in [0.25, 0.3) is 0 Å². The van der Waals surface area contributed by atoms with Crippen molar-refractivity contribution in [2.24, 2.45) is 0 Å². The number of hydrogen-bond donors (Lipinski definition) is 0. The van der Waals surface area contributed by atoms with Crippen LogP contribution in [-0.4, -0.2) is 33.8 Å². The van der Waals surface area contributed by atoms with Gasteiger partial charge in [-0.25, -0.2) is 0 Å². The predicted octanol–water partition coefficient (Wildman–Crippen LogP) is 0.885. The molecule has 1 rings (SSSR count). The maximum atomic E-state index is 11.2. The maximum Gasteiger partial charge on any atom is 0.221 e. The molecule has 4 heteroatoms. The van der Waals surface area contributed by atoms with Gasteiger partial charge in [0.2, 0.25) is 5.91 Å². The van der Waals surface area contributed by atoms with Crippen molar-refractivity contribution in [3.05, 3.63) is 0 Å².